The molecule has 0 nitrogen and oxygen atoms in total. The highest BCUT2D eigenvalue weighted by Gasteiger charge is 2.62. The Kier molecular flexibility index (Phi) is 4.41. The largest absolute Gasteiger partial charge is 0.0628 e. The molecule has 4 fully saturated rings. The highest BCUT2D eigenvalue weighted by molar-refractivity contribution is 5.12. The predicted octanol–water partition coefficient (Wildman–Crippen LogP) is 7.72. The van der Waals surface area contributed by atoms with Gasteiger partial charge < -0.3 is 0 Å². The molecule has 25 heavy (non-hydrogen) atoms. The van der Waals surface area contributed by atoms with E-state index in [1.54, 1.807) is 19.3 Å². The molecule has 144 valence electrons. The molecule has 0 radical (unpaired) electrons. The van der Waals surface area contributed by atoms with Crippen LogP contribution in [0.1, 0.15) is 106 Å². The molecular weight excluding hydrogens is 300 g/mol. The fraction of sp³-hybridized carbons (Fsp3) is 1.00. The molecule has 0 aromatic rings. The van der Waals surface area contributed by atoms with Gasteiger partial charge in [0.2, 0.25) is 0 Å². The predicted molar refractivity (Wildman–Crippen MR) is 108 cm³/mol. The molecule has 0 bridgehead atoms. The molecule has 0 aromatic heterocycles. The van der Waals surface area contributed by atoms with Gasteiger partial charge in [-0.05, 0) is 110 Å². The van der Waals surface area contributed by atoms with Crippen molar-refractivity contribution in [3.8, 4) is 0 Å². The van der Waals surface area contributed by atoms with E-state index in [2.05, 4.69) is 41.5 Å². The maximum Gasteiger partial charge on any atom is -0.0241 e. The Balaban J connectivity index is 1.60. The lowest BCUT2D eigenvalue weighted by atomic mass is 9.40. The lowest BCUT2D eigenvalue weighted by Gasteiger charge is -2.65. The third-order valence-corrected chi connectivity index (χ3v) is 10.6. The van der Waals surface area contributed by atoms with Gasteiger partial charge in [-0.3, -0.25) is 0 Å². The summed E-state index contributed by atoms with van der Waals surface area (Å²) in [6.07, 6.45) is 15.3. The number of rotatable bonds is 2. The van der Waals surface area contributed by atoms with Gasteiger partial charge in [-0.1, -0.05) is 48.0 Å². The summed E-state index contributed by atoms with van der Waals surface area (Å²) in [5, 5.41) is 0. The summed E-state index contributed by atoms with van der Waals surface area (Å²) in [6, 6.07) is 0. The zero-order valence-electron chi connectivity index (χ0n) is 18.0. The zero-order valence-corrected chi connectivity index (χ0v) is 18.0. The molecule has 0 amide bonds. The number of fused-ring (bicyclic) bond motifs is 5. The van der Waals surface area contributed by atoms with Gasteiger partial charge in [0.05, 0.1) is 0 Å². The Morgan fingerprint density at radius 2 is 1.60 bits per heavy atom. The minimum atomic E-state index is 0.634. The van der Waals surface area contributed by atoms with E-state index >= 15 is 0 Å². The Hall–Kier alpha value is 0. The van der Waals surface area contributed by atoms with E-state index in [0.717, 1.165) is 35.5 Å². The summed E-state index contributed by atoms with van der Waals surface area (Å²) in [5.74, 6) is 6.01. The van der Waals surface area contributed by atoms with Crippen molar-refractivity contribution in [1.82, 2.24) is 0 Å². The first kappa shape index (κ1) is 18.4. The fourth-order valence-electron chi connectivity index (χ4n) is 9.00. The van der Waals surface area contributed by atoms with Crippen molar-refractivity contribution in [3.05, 3.63) is 0 Å². The Bertz CT molecular complexity index is 506. The van der Waals surface area contributed by atoms with Crippen LogP contribution in [-0.4, -0.2) is 0 Å². The molecule has 0 aliphatic heterocycles. The molecule has 0 N–H and O–H groups in total. The summed E-state index contributed by atoms with van der Waals surface area (Å²) in [7, 11) is 0. The van der Waals surface area contributed by atoms with Gasteiger partial charge in [0.15, 0.2) is 0 Å². The van der Waals surface area contributed by atoms with Gasteiger partial charge in [-0.2, -0.15) is 0 Å². The first-order chi connectivity index (χ1) is 11.7. The molecule has 0 heterocycles. The van der Waals surface area contributed by atoms with Crippen molar-refractivity contribution < 1.29 is 0 Å². The van der Waals surface area contributed by atoms with Crippen LogP contribution in [0.25, 0.3) is 0 Å². The van der Waals surface area contributed by atoms with Crippen molar-refractivity contribution in [2.24, 2.45) is 51.8 Å². The molecule has 0 heteroatoms. The quantitative estimate of drug-likeness (QED) is 0.481. The van der Waals surface area contributed by atoms with E-state index in [1.165, 1.54) is 44.9 Å². The second-order valence-electron chi connectivity index (χ2n) is 12.2. The topological polar surface area (TPSA) is 0 Å². The molecular formula is C25H44. The van der Waals surface area contributed by atoms with E-state index < -0.39 is 0 Å². The normalized spacial score (nSPS) is 55.6. The average molecular weight is 345 g/mol. The minimum Gasteiger partial charge on any atom is -0.0628 e. The minimum absolute atomic E-state index is 0.634. The summed E-state index contributed by atoms with van der Waals surface area (Å²) in [4.78, 5) is 0. The SMILES string of the molecule is CC(C)CC1CCC2C3CCC4(C)CC(C)CCC4(C)C3CCC12C. The van der Waals surface area contributed by atoms with Crippen LogP contribution < -0.4 is 0 Å². The van der Waals surface area contributed by atoms with Crippen LogP contribution in [0.4, 0.5) is 0 Å². The van der Waals surface area contributed by atoms with Crippen molar-refractivity contribution in [2.45, 2.75) is 106 Å². The summed E-state index contributed by atoms with van der Waals surface area (Å²) < 4.78 is 0. The van der Waals surface area contributed by atoms with Crippen LogP contribution in [0.2, 0.25) is 0 Å². The van der Waals surface area contributed by atoms with Crippen molar-refractivity contribution in [3.63, 3.8) is 0 Å². The van der Waals surface area contributed by atoms with E-state index in [0.29, 0.717) is 16.2 Å². The van der Waals surface area contributed by atoms with Crippen molar-refractivity contribution in [2.75, 3.05) is 0 Å². The van der Waals surface area contributed by atoms with E-state index in [4.69, 9.17) is 0 Å². The maximum atomic E-state index is 2.74. The fourth-order valence-corrected chi connectivity index (χ4v) is 9.00. The second kappa shape index (κ2) is 6.00. The van der Waals surface area contributed by atoms with Gasteiger partial charge in [0.25, 0.3) is 0 Å². The van der Waals surface area contributed by atoms with Crippen molar-refractivity contribution >= 4 is 0 Å². The lowest BCUT2D eigenvalue weighted by Crippen LogP contribution is -2.57. The standard InChI is InChI=1S/C25H44/c1-17(2)15-19-7-8-21-20-10-12-23(4)16-18(3)9-14-25(23,6)22(20)11-13-24(19,21)5/h17-22H,7-16H2,1-6H3. The van der Waals surface area contributed by atoms with Crippen LogP contribution in [0.3, 0.4) is 0 Å². The molecule has 4 aliphatic carbocycles. The third kappa shape index (κ3) is 2.59. The number of hydrogen-bond acceptors (Lipinski definition) is 0. The molecule has 0 saturated heterocycles. The maximum absolute atomic E-state index is 2.74. The molecule has 8 unspecified atom stereocenters. The number of hydrogen-bond donors (Lipinski definition) is 0. The molecule has 0 aromatic carbocycles. The van der Waals surface area contributed by atoms with Crippen molar-refractivity contribution in [1.29, 1.82) is 0 Å². The van der Waals surface area contributed by atoms with Gasteiger partial charge in [0, 0.05) is 0 Å². The highest BCUT2D eigenvalue weighted by atomic mass is 14.7. The highest BCUT2D eigenvalue weighted by Crippen LogP contribution is 2.71. The summed E-state index contributed by atoms with van der Waals surface area (Å²) >= 11 is 0. The van der Waals surface area contributed by atoms with Crippen LogP contribution >= 0.6 is 0 Å². The van der Waals surface area contributed by atoms with Crippen LogP contribution in [0, 0.1) is 51.8 Å². The summed E-state index contributed by atoms with van der Waals surface area (Å²) in [5.41, 5.74) is 1.95. The van der Waals surface area contributed by atoms with Crippen LogP contribution in [0.5, 0.6) is 0 Å². The van der Waals surface area contributed by atoms with Crippen LogP contribution in [0.15, 0.2) is 0 Å². The smallest absolute Gasteiger partial charge is 0.0241 e. The summed E-state index contributed by atoms with van der Waals surface area (Å²) in [6.45, 7) is 15.5. The van der Waals surface area contributed by atoms with E-state index in [1.807, 2.05) is 0 Å². The third-order valence-electron chi connectivity index (χ3n) is 10.6. The van der Waals surface area contributed by atoms with Gasteiger partial charge in [0.1, 0.15) is 0 Å². The molecule has 8 atom stereocenters. The van der Waals surface area contributed by atoms with Crippen LogP contribution in [-0.2, 0) is 0 Å². The van der Waals surface area contributed by atoms with Gasteiger partial charge >= 0.3 is 0 Å². The monoisotopic (exact) mass is 344 g/mol. The molecule has 4 saturated carbocycles. The lowest BCUT2D eigenvalue weighted by molar-refractivity contribution is -0.160. The first-order valence-electron chi connectivity index (χ1n) is 11.7. The first-order valence-corrected chi connectivity index (χ1v) is 11.7. The molecule has 4 aliphatic rings. The second-order valence-corrected chi connectivity index (χ2v) is 12.2. The van der Waals surface area contributed by atoms with E-state index in [9.17, 15) is 0 Å². The average Bonchev–Trinajstić information content (AvgIpc) is 2.85. The van der Waals surface area contributed by atoms with Gasteiger partial charge in [-0.25, -0.2) is 0 Å². The van der Waals surface area contributed by atoms with E-state index in [-0.39, 0.29) is 0 Å². The molecule has 4 rings (SSSR count). The Morgan fingerprint density at radius 3 is 2.32 bits per heavy atom. The van der Waals surface area contributed by atoms with Gasteiger partial charge in [-0.15, -0.1) is 0 Å². The molecule has 0 spiro atoms. The zero-order chi connectivity index (χ0) is 18.0. The Labute approximate surface area is 157 Å². The Morgan fingerprint density at radius 1 is 0.840 bits per heavy atom.